The molecule has 3 rings (SSSR count). The first-order valence-corrected chi connectivity index (χ1v) is 8.30. The lowest BCUT2D eigenvalue weighted by atomic mass is 9.98. The van der Waals surface area contributed by atoms with Crippen LogP contribution in [-0.2, 0) is 6.42 Å². The van der Waals surface area contributed by atoms with Gasteiger partial charge in [-0.2, -0.15) is 0 Å². The van der Waals surface area contributed by atoms with E-state index >= 15 is 0 Å². The van der Waals surface area contributed by atoms with E-state index < -0.39 is 0 Å². The van der Waals surface area contributed by atoms with E-state index in [0.717, 1.165) is 12.0 Å². The monoisotopic (exact) mass is 338 g/mol. The maximum Gasteiger partial charge on any atom is 0.196 e. The van der Waals surface area contributed by atoms with Crippen molar-refractivity contribution >= 4 is 5.78 Å². The molecule has 1 aliphatic heterocycles. The molecule has 4 heteroatoms. The van der Waals surface area contributed by atoms with Gasteiger partial charge in [0.2, 0.25) is 0 Å². The normalized spacial score (nSPS) is 15.3. The van der Waals surface area contributed by atoms with Crippen molar-refractivity contribution in [2.45, 2.75) is 19.8 Å². The van der Waals surface area contributed by atoms with Gasteiger partial charge in [0.05, 0.1) is 20.8 Å². The van der Waals surface area contributed by atoms with Crippen LogP contribution in [0.4, 0.5) is 0 Å². The fourth-order valence-corrected chi connectivity index (χ4v) is 2.89. The van der Waals surface area contributed by atoms with Crippen LogP contribution in [-0.4, -0.2) is 26.6 Å². The Kier molecular flexibility index (Phi) is 5.08. The Morgan fingerprint density at radius 3 is 2.56 bits per heavy atom. The minimum absolute atomic E-state index is 0.0425. The number of hydrogen-bond donors (Lipinski definition) is 0. The van der Waals surface area contributed by atoms with Crippen LogP contribution in [0.1, 0.15) is 27.9 Å². The first-order chi connectivity index (χ1) is 12.1. The summed E-state index contributed by atoms with van der Waals surface area (Å²) in [5.41, 5.74) is 3.62. The lowest BCUT2D eigenvalue weighted by molar-refractivity contribution is 0.102. The summed E-state index contributed by atoms with van der Waals surface area (Å²) >= 11 is 0. The number of Topliss-reactive ketones (excluding diaryl/α,β-unsaturated/α-hetero) is 1. The summed E-state index contributed by atoms with van der Waals surface area (Å²) in [5, 5.41) is 0. The van der Waals surface area contributed by atoms with Gasteiger partial charge in [-0.1, -0.05) is 35.9 Å². The van der Waals surface area contributed by atoms with Crippen molar-refractivity contribution in [1.82, 2.24) is 0 Å². The fourth-order valence-electron chi connectivity index (χ4n) is 2.89. The van der Waals surface area contributed by atoms with E-state index in [1.54, 1.807) is 26.4 Å². The number of carbonyl (C=O) groups is 1. The zero-order chi connectivity index (χ0) is 17.8. The number of ether oxygens (including phenoxy) is 3. The Morgan fingerprint density at radius 1 is 1.12 bits per heavy atom. The molecule has 0 bridgehead atoms. The van der Waals surface area contributed by atoms with Gasteiger partial charge < -0.3 is 14.2 Å². The summed E-state index contributed by atoms with van der Waals surface area (Å²) in [7, 11) is 3.12. The summed E-state index contributed by atoms with van der Waals surface area (Å²) < 4.78 is 16.4. The lowest BCUT2D eigenvalue weighted by Crippen LogP contribution is -2.05. The minimum atomic E-state index is -0.0425. The van der Waals surface area contributed by atoms with Gasteiger partial charge in [0, 0.05) is 24.1 Å². The van der Waals surface area contributed by atoms with Gasteiger partial charge in [-0.25, -0.2) is 0 Å². The summed E-state index contributed by atoms with van der Waals surface area (Å²) in [6.07, 6.45) is 3.29. The second kappa shape index (κ2) is 7.43. The van der Waals surface area contributed by atoms with Crippen molar-refractivity contribution in [3.63, 3.8) is 0 Å². The quantitative estimate of drug-likeness (QED) is 0.786. The Bertz CT molecular complexity index is 803. The largest absolute Gasteiger partial charge is 0.496 e. The minimum Gasteiger partial charge on any atom is -0.496 e. The Labute approximate surface area is 148 Å². The van der Waals surface area contributed by atoms with Gasteiger partial charge in [0.25, 0.3) is 0 Å². The highest BCUT2D eigenvalue weighted by molar-refractivity contribution is 6.12. The maximum atomic E-state index is 13.0. The van der Waals surface area contributed by atoms with Crippen LogP contribution in [0.3, 0.4) is 0 Å². The lowest BCUT2D eigenvalue weighted by Gasteiger charge is -2.12. The van der Waals surface area contributed by atoms with E-state index in [1.165, 1.54) is 11.1 Å². The molecule has 1 aliphatic rings. The highest BCUT2D eigenvalue weighted by atomic mass is 16.5. The number of carbonyl (C=O) groups excluding carboxylic acids is 1. The molecule has 2 aromatic carbocycles. The summed E-state index contributed by atoms with van der Waals surface area (Å²) in [6, 6.07) is 11.8. The Hall–Kier alpha value is -2.75. The average molecular weight is 338 g/mol. The highest BCUT2D eigenvalue weighted by Gasteiger charge is 2.26. The van der Waals surface area contributed by atoms with E-state index in [2.05, 4.69) is 31.2 Å². The molecule has 0 radical (unpaired) electrons. The fraction of sp³-hybridized carbons (Fsp3) is 0.286. The van der Waals surface area contributed by atoms with Crippen molar-refractivity contribution in [3.05, 3.63) is 64.7 Å². The second-order valence-corrected chi connectivity index (χ2v) is 6.05. The number of ketones is 1. The van der Waals surface area contributed by atoms with Gasteiger partial charge in [-0.15, -0.1) is 0 Å². The number of allylic oxidation sites excluding steroid dienone is 1. The van der Waals surface area contributed by atoms with Crippen LogP contribution in [0.2, 0.25) is 0 Å². The zero-order valence-corrected chi connectivity index (χ0v) is 14.8. The standard InChI is InChI=1S/C21H22O4/c1-14-4-6-15(7-5-14)8-9-16-10-11-25-19-13-17(23-2)12-18(24-3)20(19)21(16)22/h4-7,9,12-13H,8,10-11H2,1-3H3/b16-9+. The van der Waals surface area contributed by atoms with E-state index in [-0.39, 0.29) is 5.78 Å². The van der Waals surface area contributed by atoms with Crippen molar-refractivity contribution in [2.75, 3.05) is 20.8 Å². The molecule has 25 heavy (non-hydrogen) atoms. The molecule has 0 N–H and O–H groups in total. The highest BCUT2D eigenvalue weighted by Crippen LogP contribution is 2.38. The molecule has 0 saturated heterocycles. The molecule has 0 amide bonds. The number of rotatable bonds is 4. The predicted octanol–water partition coefficient (Wildman–Crippen LogP) is 4.15. The smallest absolute Gasteiger partial charge is 0.196 e. The molecule has 0 aliphatic carbocycles. The molecular formula is C21H22O4. The Morgan fingerprint density at radius 2 is 1.88 bits per heavy atom. The molecule has 1 heterocycles. The summed E-state index contributed by atoms with van der Waals surface area (Å²) in [6.45, 7) is 2.51. The second-order valence-electron chi connectivity index (χ2n) is 6.05. The maximum absolute atomic E-state index is 13.0. The van der Waals surface area contributed by atoms with E-state index in [4.69, 9.17) is 14.2 Å². The molecule has 0 aromatic heterocycles. The number of fused-ring (bicyclic) bond motifs is 1. The molecular weight excluding hydrogens is 316 g/mol. The molecule has 0 spiro atoms. The SMILES string of the molecule is COc1cc(OC)c2c(c1)OCC/C(=C\Cc1ccc(C)cc1)C2=O. The van der Waals surface area contributed by atoms with Crippen LogP contribution in [0.25, 0.3) is 0 Å². The predicted molar refractivity (Wildman–Crippen MR) is 97.0 cm³/mol. The average Bonchev–Trinajstić information content (AvgIpc) is 2.79. The molecule has 4 nitrogen and oxygen atoms in total. The topological polar surface area (TPSA) is 44.8 Å². The van der Waals surface area contributed by atoms with Crippen molar-refractivity contribution in [3.8, 4) is 17.2 Å². The van der Waals surface area contributed by atoms with Crippen molar-refractivity contribution < 1.29 is 19.0 Å². The van der Waals surface area contributed by atoms with Crippen LogP contribution in [0.15, 0.2) is 48.0 Å². The first-order valence-electron chi connectivity index (χ1n) is 8.30. The van der Waals surface area contributed by atoms with Crippen LogP contribution in [0.5, 0.6) is 17.2 Å². The first kappa shape index (κ1) is 17.1. The number of methoxy groups -OCH3 is 2. The van der Waals surface area contributed by atoms with Gasteiger partial charge in [-0.3, -0.25) is 4.79 Å². The van der Waals surface area contributed by atoms with Gasteiger partial charge in [0.1, 0.15) is 22.8 Å². The Balaban J connectivity index is 1.93. The van der Waals surface area contributed by atoms with E-state index in [0.29, 0.717) is 35.8 Å². The van der Waals surface area contributed by atoms with Crippen LogP contribution >= 0.6 is 0 Å². The van der Waals surface area contributed by atoms with Gasteiger partial charge in [0.15, 0.2) is 5.78 Å². The summed E-state index contributed by atoms with van der Waals surface area (Å²) in [4.78, 5) is 13.0. The number of benzene rings is 2. The molecule has 0 saturated carbocycles. The number of aryl methyl sites for hydroxylation is 1. The molecule has 0 fully saturated rings. The third kappa shape index (κ3) is 3.68. The summed E-state index contributed by atoms with van der Waals surface area (Å²) in [5.74, 6) is 1.55. The number of hydrogen-bond acceptors (Lipinski definition) is 4. The molecule has 0 atom stereocenters. The zero-order valence-electron chi connectivity index (χ0n) is 14.8. The van der Waals surface area contributed by atoms with Crippen LogP contribution in [0, 0.1) is 6.92 Å². The molecule has 2 aromatic rings. The third-order valence-electron chi connectivity index (χ3n) is 4.35. The molecule has 130 valence electrons. The van der Waals surface area contributed by atoms with Crippen molar-refractivity contribution in [1.29, 1.82) is 0 Å². The van der Waals surface area contributed by atoms with E-state index in [9.17, 15) is 4.79 Å². The van der Waals surface area contributed by atoms with Crippen LogP contribution < -0.4 is 14.2 Å². The van der Waals surface area contributed by atoms with Gasteiger partial charge >= 0.3 is 0 Å². The third-order valence-corrected chi connectivity index (χ3v) is 4.35. The van der Waals surface area contributed by atoms with Gasteiger partial charge in [-0.05, 0) is 18.9 Å². The van der Waals surface area contributed by atoms with Crippen molar-refractivity contribution in [2.24, 2.45) is 0 Å². The van der Waals surface area contributed by atoms with E-state index in [1.807, 2.05) is 6.08 Å². The molecule has 0 unspecified atom stereocenters.